The minimum absolute atomic E-state index is 0.123. The average Bonchev–Trinajstić information content (AvgIpc) is 2.38. The van der Waals surface area contributed by atoms with E-state index >= 15 is 0 Å². The van der Waals surface area contributed by atoms with Gasteiger partial charge in [-0.2, -0.15) is 4.98 Å². The summed E-state index contributed by atoms with van der Waals surface area (Å²) in [7, 11) is 0. The molecule has 6 nitrogen and oxygen atoms in total. The quantitative estimate of drug-likeness (QED) is 0.806. The van der Waals surface area contributed by atoms with E-state index in [2.05, 4.69) is 25.5 Å². The molecule has 6 heteroatoms. The number of aryl methyl sites for hydroxylation is 1. The van der Waals surface area contributed by atoms with Crippen molar-refractivity contribution >= 4 is 5.95 Å². The summed E-state index contributed by atoms with van der Waals surface area (Å²) in [6.45, 7) is 12.2. The molecule has 0 bridgehead atoms. The molecule has 2 N–H and O–H groups in total. The first kappa shape index (κ1) is 15.0. The van der Waals surface area contributed by atoms with Crippen molar-refractivity contribution in [2.75, 3.05) is 44.6 Å². The van der Waals surface area contributed by atoms with E-state index in [1.165, 1.54) is 0 Å². The maximum Gasteiger partial charge on any atom is 0.226 e. The highest BCUT2D eigenvalue weighted by Gasteiger charge is 2.09. The van der Waals surface area contributed by atoms with Crippen LogP contribution in [0, 0.1) is 6.92 Å². The van der Waals surface area contributed by atoms with Gasteiger partial charge in [-0.1, -0.05) is 0 Å². The fourth-order valence-corrected chi connectivity index (χ4v) is 2.18. The van der Waals surface area contributed by atoms with Gasteiger partial charge in [0.1, 0.15) is 0 Å². The van der Waals surface area contributed by atoms with Crippen molar-refractivity contribution in [2.45, 2.75) is 26.9 Å². The molecule has 0 unspecified atom stereocenters. The Bertz CT molecular complexity index is 418. The van der Waals surface area contributed by atoms with Crippen LogP contribution in [0.5, 0.6) is 5.88 Å². The third-order valence-corrected chi connectivity index (χ3v) is 3.11. The number of nitrogens with zero attached hydrogens (tertiary/aromatic N) is 3. The Labute approximate surface area is 120 Å². The molecule has 20 heavy (non-hydrogen) atoms. The molecule has 0 amide bonds. The molecule has 1 aliphatic rings. The number of rotatable bonds is 6. The maximum atomic E-state index is 5.62. The van der Waals surface area contributed by atoms with E-state index in [1.807, 2.05) is 26.8 Å². The van der Waals surface area contributed by atoms with E-state index in [4.69, 9.17) is 4.74 Å². The van der Waals surface area contributed by atoms with Crippen LogP contribution in [0.25, 0.3) is 0 Å². The summed E-state index contributed by atoms with van der Waals surface area (Å²) in [6, 6.07) is 1.86. The van der Waals surface area contributed by atoms with E-state index in [1.54, 1.807) is 0 Å². The Morgan fingerprint density at radius 3 is 2.80 bits per heavy atom. The second-order valence-electron chi connectivity index (χ2n) is 5.36. The Morgan fingerprint density at radius 1 is 1.35 bits per heavy atom. The van der Waals surface area contributed by atoms with Gasteiger partial charge in [-0.05, 0) is 20.8 Å². The van der Waals surface area contributed by atoms with Crippen LogP contribution in [0.4, 0.5) is 5.95 Å². The first-order valence-corrected chi connectivity index (χ1v) is 7.33. The van der Waals surface area contributed by atoms with Gasteiger partial charge in [0, 0.05) is 51.0 Å². The van der Waals surface area contributed by atoms with Gasteiger partial charge in [-0.3, -0.25) is 4.90 Å². The number of nitrogens with one attached hydrogen (secondary N) is 2. The first-order chi connectivity index (χ1) is 9.63. The molecule has 0 spiro atoms. The van der Waals surface area contributed by atoms with Crippen LogP contribution in [0.1, 0.15) is 19.5 Å². The zero-order valence-corrected chi connectivity index (χ0v) is 12.6. The minimum atomic E-state index is 0.123. The van der Waals surface area contributed by atoms with Crippen LogP contribution in [0.2, 0.25) is 0 Å². The van der Waals surface area contributed by atoms with Crippen molar-refractivity contribution in [1.29, 1.82) is 0 Å². The number of anilines is 1. The Hall–Kier alpha value is -1.40. The number of piperazine rings is 1. The van der Waals surface area contributed by atoms with Crippen LogP contribution >= 0.6 is 0 Å². The van der Waals surface area contributed by atoms with Crippen molar-refractivity contribution in [2.24, 2.45) is 0 Å². The summed E-state index contributed by atoms with van der Waals surface area (Å²) < 4.78 is 5.62. The van der Waals surface area contributed by atoms with Crippen LogP contribution in [0.15, 0.2) is 6.07 Å². The molecule has 0 aliphatic carbocycles. The van der Waals surface area contributed by atoms with E-state index in [0.29, 0.717) is 11.8 Å². The predicted molar refractivity (Wildman–Crippen MR) is 80.3 cm³/mol. The lowest BCUT2D eigenvalue weighted by molar-refractivity contribution is 0.232. The van der Waals surface area contributed by atoms with Crippen LogP contribution < -0.4 is 15.4 Å². The second-order valence-corrected chi connectivity index (χ2v) is 5.36. The summed E-state index contributed by atoms with van der Waals surface area (Å²) in [4.78, 5) is 11.2. The SMILES string of the molecule is Cc1cc(OC(C)C)nc(NCCN2CCNCC2)n1. The van der Waals surface area contributed by atoms with Crippen LogP contribution in [-0.2, 0) is 0 Å². The molecule has 1 aliphatic heterocycles. The zero-order valence-electron chi connectivity index (χ0n) is 12.6. The number of hydrogen-bond donors (Lipinski definition) is 2. The van der Waals surface area contributed by atoms with Gasteiger partial charge in [0.25, 0.3) is 0 Å². The van der Waals surface area contributed by atoms with Gasteiger partial charge in [0.2, 0.25) is 11.8 Å². The number of hydrogen-bond acceptors (Lipinski definition) is 6. The van der Waals surface area contributed by atoms with Gasteiger partial charge < -0.3 is 15.4 Å². The maximum absolute atomic E-state index is 5.62. The fourth-order valence-electron chi connectivity index (χ4n) is 2.18. The summed E-state index contributed by atoms with van der Waals surface area (Å²) in [5, 5.41) is 6.63. The summed E-state index contributed by atoms with van der Waals surface area (Å²) in [5.74, 6) is 1.29. The van der Waals surface area contributed by atoms with Crippen LogP contribution in [0.3, 0.4) is 0 Å². The standard InChI is InChI=1S/C14H25N5O/c1-11(2)20-13-10-12(3)17-14(18-13)16-6-9-19-7-4-15-5-8-19/h10-11,15H,4-9H2,1-3H3,(H,16,17,18). The smallest absolute Gasteiger partial charge is 0.226 e. The molecule has 1 aromatic heterocycles. The molecule has 0 aromatic carbocycles. The Kier molecular flexibility index (Phi) is 5.55. The Morgan fingerprint density at radius 2 is 2.10 bits per heavy atom. The molecule has 112 valence electrons. The molecule has 1 saturated heterocycles. The van der Waals surface area contributed by atoms with E-state index in [-0.39, 0.29) is 6.10 Å². The third-order valence-electron chi connectivity index (χ3n) is 3.11. The largest absolute Gasteiger partial charge is 0.475 e. The predicted octanol–water partition coefficient (Wildman–Crippen LogP) is 0.889. The normalized spacial score (nSPS) is 16.4. The summed E-state index contributed by atoms with van der Waals surface area (Å²) in [6.07, 6.45) is 0.123. The monoisotopic (exact) mass is 279 g/mol. The van der Waals surface area contributed by atoms with Crippen molar-refractivity contribution < 1.29 is 4.74 Å². The number of ether oxygens (including phenoxy) is 1. The van der Waals surface area contributed by atoms with Gasteiger partial charge in [0.15, 0.2) is 0 Å². The van der Waals surface area contributed by atoms with Gasteiger partial charge in [0.05, 0.1) is 6.10 Å². The zero-order chi connectivity index (χ0) is 14.4. The van der Waals surface area contributed by atoms with Gasteiger partial charge >= 0.3 is 0 Å². The van der Waals surface area contributed by atoms with Crippen molar-refractivity contribution in [3.63, 3.8) is 0 Å². The average molecular weight is 279 g/mol. The molecule has 2 heterocycles. The highest BCUT2D eigenvalue weighted by Crippen LogP contribution is 2.13. The fraction of sp³-hybridized carbons (Fsp3) is 0.714. The molecule has 1 aromatic rings. The van der Waals surface area contributed by atoms with Gasteiger partial charge in [-0.15, -0.1) is 0 Å². The van der Waals surface area contributed by atoms with E-state index in [0.717, 1.165) is 45.0 Å². The topological polar surface area (TPSA) is 62.3 Å². The molecule has 0 atom stereocenters. The highest BCUT2D eigenvalue weighted by molar-refractivity contribution is 5.30. The molecule has 0 saturated carbocycles. The summed E-state index contributed by atoms with van der Waals surface area (Å²) >= 11 is 0. The number of aromatic nitrogens is 2. The second kappa shape index (κ2) is 7.40. The molecule has 2 rings (SSSR count). The highest BCUT2D eigenvalue weighted by atomic mass is 16.5. The first-order valence-electron chi connectivity index (χ1n) is 7.33. The van der Waals surface area contributed by atoms with E-state index in [9.17, 15) is 0 Å². The lowest BCUT2D eigenvalue weighted by Crippen LogP contribution is -2.45. The van der Waals surface area contributed by atoms with Crippen molar-refractivity contribution in [3.05, 3.63) is 11.8 Å². The molecule has 1 fully saturated rings. The molecular weight excluding hydrogens is 254 g/mol. The van der Waals surface area contributed by atoms with Crippen LogP contribution in [-0.4, -0.2) is 60.2 Å². The lowest BCUT2D eigenvalue weighted by Gasteiger charge is -2.27. The van der Waals surface area contributed by atoms with Crippen molar-refractivity contribution in [3.8, 4) is 5.88 Å². The minimum Gasteiger partial charge on any atom is -0.475 e. The van der Waals surface area contributed by atoms with Crippen molar-refractivity contribution in [1.82, 2.24) is 20.2 Å². The van der Waals surface area contributed by atoms with Gasteiger partial charge in [-0.25, -0.2) is 4.98 Å². The van der Waals surface area contributed by atoms with E-state index < -0.39 is 0 Å². The summed E-state index contributed by atoms with van der Waals surface area (Å²) in [5.41, 5.74) is 0.917. The Balaban J connectivity index is 1.83. The lowest BCUT2D eigenvalue weighted by atomic mass is 10.3. The third kappa shape index (κ3) is 4.94. The molecule has 0 radical (unpaired) electrons. The molecular formula is C14H25N5O.